The number of ether oxygens (including phenoxy) is 3. The summed E-state index contributed by atoms with van der Waals surface area (Å²) in [6.45, 7) is 9.69. The first-order valence-electron chi connectivity index (χ1n) is 7.20. The van der Waals surface area contributed by atoms with Gasteiger partial charge in [-0.25, -0.2) is 0 Å². The lowest BCUT2D eigenvalue weighted by molar-refractivity contribution is 0.0161. The predicted molar refractivity (Wildman–Crippen MR) is 81.0 cm³/mol. The van der Waals surface area contributed by atoms with Crippen LogP contribution in [0.25, 0.3) is 0 Å². The number of hydrogen-bond donors (Lipinski definition) is 1. The molecular weight excluding hydrogens is 254 g/mol. The van der Waals surface area contributed by atoms with Crippen molar-refractivity contribution in [1.29, 1.82) is 0 Å². The first kappa shape index (κ1) is 17.0. The fourth-order valence-electron chi connectivity index (χ4n) is 1.72. The second-order valence-electron chi connectivity index (χ2n) is 5.34. The summed E-state index contributed by atoms with van der Waals surface area (Å²) in [5, 5.41) is 0. The highest BCUT2D eigenvalue weighted by Gasteiger charge is 2.07. The number of hydrogen-bond acceptors (Lipinski definition) is 4. The van der Waals surface area contributed by atoms with Gasteiger partial charge in [-0.3, -0.25) is 0 Å². The van der Waals surface area contributed by atoms with E-state index in [-0.39, 0.29) is 18.2 Å². The summed E-state index contributed by atoms with van der Waals surface area (Å²) < 4.78 is 16.5. The Morgan fingerprint density at radius 3 is 2.15 bits per heavy atom. The van der Waals surface area contributed by atoms with Gasteiger partial charge in [0.1, 0.15) is 5.75 Å². The molecule has 0 heterocycles. The van der Waals surface area contributed by atoms with E-state index in [1.165, 1.54) is 0 Å². The SMILES string of the molecule is CC(C)OCCOCC(N)c1ccc(OC(C)C)cc1. The summed E-state index contributed by atoms with van der Waals surface area (Å²) in [5.41, 5.74) is 7.13. The molecule has 4 heteroatoms. The maximum Gasteiger partial charge on any atom is 0.119 e. The van der Waals surface area contributed by atoms with Crippen LogP contribution in [0.1, 0.15) is 39.3 Å². The van der Waals surface area contributed by atoms with Gasteiger partial charge in [0.25, 0.3) is 0 Å². The van der Waals surface area contributed by atoms with Gasteiger partial charge in [-0.15, -0.1) is 0 Å². The summed E-state index contributed by atoms with van der Waals surface area (Å²) in [5.74, 6) is 0.863. The van der Waals surface area contributed by atoms with E-state index in [1.807, 2.05) is 52.0 Å². The molecule has 0 aliphatic rings. The Kier molecular flexibility index (Phi) is 7.59. The lowest BCUT2D eigenvalue weighted by Gasteiger charge is -2.15. The third-order valence-corrected chi connectivity index (χ3v) is 2.66. The van der Waals surface area contributed by atoms with E-state index in [0.717, 1.165) is 11.3 Å². The monoisotopic (exact) mass is 281 g/mol. The van der Waals surface area contributed by atoms with Gasteiger partial charge in [0.05, 0.1) is 38.1 Å². The van der Waals surface area contributed by atoms with Crippen LogP contribution in [0.15, 0.2) is 24.3 Å². The van der Waals surface area contributed by atoms with Crippen molar-refractivity contribution >= 4 is 0 Å². The first-order valence-corrected chi connectivity index (χ1v) is 7.20. The zero-order valence-corrected chi connectivity index (χ0v) is 13.0. The largest absolute Gasteiger partial charge is 0.491 e. The Morgan fingerprint density at radius 2 is 1.60 bits per heavy atom. The fourth-order valence-corrected chi connectivity index (χ4v) is 1.72. The van der Waals surface area contributed by atoms with Gasteiger partial charge >= 0.3 is 0 Å². The van der Waals surface area contributed by atoms with Crippen LogP contribution < -0.4 is 10.5 Å². The number of nitrogens with two attached hydrogens (primary N) is 1. The molecule has 0 saturated carbocycles. The Labute approximate surface area is 122 Å². The molecule has 0 amide bonds. The van der Waals surface area contributed by atoms with Crippen molar-refractivity contribution in [2.75, 3.05) is 19.8 Å². The molecule has 0 radical (unpaired) electrons. The molecule has 1 atom stereocenters. The normalized spacial score (nSPS) is 12.9. The van der Waals surface area contributed by atoms with Crippen molar-refractivity contribution in [2.24, 2.45) is 5.73 Å². The lowest BCUT2D eigenvalue weighted by Crippen LogP contribution is -2.19. The molecule has 0 spiro atoms. The van der Waals surface area contributed by atoms with Crippen LogP contribution in [0.5, 0.6) is 5.75 Å². The molecule has 2 N–H and O–H groups in total. The first-order chi connectivity index (χ1) is 9.49. The molecule has 0 bridgehead atoms. The third-order valence-electron chi connectivity index (χ3n) is 2.66. The van der Waals surface area contributed by atoms with Crippen molar-refractivity contribution in [3.63, 3.8) is 0 Å². The zero-order chi connectivity index (χ0) is 15.0. The highest BCUT2D eigenvalue weighted by Crippen LogP contribution is 2.17. The Bertz CT molecular complexity index is 362. The fraction of sp³-hybridized carbons (Fsp3) is 0.625. The Hall–Kier alpha value is -1.10. The van der Waals surface area contributed by atoms with Crippen LogP contribution in [0.4, 0.5) is 0 Å². The van der Waals surface area contributed by atoms with Crippen molar-refractivity contribution in [2.45, 2.75) is 45.9 Å². The van der Waals surface area contributed by atoms with Gasteiger partial charge < -0.3 is 19.9 Å². The predicted octanol–water partition coefficient (Wildman–Crippen LogP) is 2.92. The highest BCUT2D eigenvalue weighted by molar-refractivity contribution is 5.29. The zero-order valence-electron chi connectivity index (χ0n) is 13.0. The number of benzene rings is 1. The summed E-state index contributed by atoms with van der Waals surface area (Å²) in [6, 6.07) is 7.73. The van der Waals surface area contributed by atoms with E-state index in [0.29, 0.717) is 19.8 Å². The van der Waals surface area contributed by atoms with Gasteiger partial charge in [-0.2, -0.15) is 0 Å². The van der Waals surface area contributed by atoms with Crippen LogP contribution in [0.3, 0.4) is 0 Å². The van der Waals surface area contributed by atoms with Crippen LogP contribution in [-0.4, -0.2) is 32.0 Å². The molecule has 114 valence electrons. The molecule has 0 aliphatic carbocycles. The molecule has 1 aromatic rings. The topological polar surface area (TPSA) is 53.7 Å². The van der Waals surface area contributed by atoms with Crippen LogP contribution in [0, 0.1) is 0 Å². The van der Waals surface area contributed by atoms with Crippen molar-refractivity contribution in [3.8, 4) is 5.75 Å². The minimum absolute atomic E-state index is 0.123. The van der Waals surface area contributed by atoms with E-state index >= 15 is 0 Å². The average Bonchev–Trinajstić information content (AvgIpc) is 2.38. The van der Waals surface area contributed by atoms with E-state index in [4.69, 9.17) is 19.9 Å². The molecule has 1 rings (SSSR count). The summed E-state index contributed by atoms with van der Waals surface area (Å²) >= 11 is 0. The molecule has 0 aromatic heterocycles. The minimum Gasteiger partial charge on any atom is -0.491 e. The van der Waals surface area contributed by atoms with Crippen LogP contribution >= 0.6 is 0 Å². The van der Waals surface area contributed by atoms with Crippen molar-refractivity contribution in [1.82, 2.24) is 0 Å². The molecule has 1 unspecified atom stereocenters. The van der Waals surface area contributed by atoms with Gasteiger partial charge in [0, 0.05) is 0 Å². The highest BCUT2D eigenvalue weighted by atomic mass is 16.5. The van der Waals surface area contributed by atoms with Gasteiger partial charge in [0.2, 0.25) is 0 Å². The van der Waals surface area contributed by atoms with Crippen LogP contribution in [-0.2, 0) is 9.47 Å². The van der Waals surface area contributed by atoms with Crippen molar-refractivity contribution < 1.29 is 14.2 Å². The smallest absolute Gasteiger partial charge is 0.119 e. The van der Waals surface area contributed by atoms with Crippen LogP contribution in [0.2, 0.25) is 0 Å². The molecule has 0 fully saturated rings. The number of rotatable bonds is 9. The Balaban J connectivity index is 2.30. The maximum atomic E-state index is 6.08. The molecule has 20 heavy (non-hydrogen) atoms. The van der Waals surface area contributed by atoms with E-state index in [9.17, 15) is 0 Å². The molecule has 4 nitrogen and oxygen atoms in total. The third kappa shape index (κ3) is 6.89. The quantitative estimate of drug-likeness (QED) is 0.707. The van der Waals surface area contributed by atoms with Gasteiger partial charge in [-0.1, -0.05) is 12.1 Å². The van der Waals surface area contributed by atoms with E-state index in [2.05, 4.69) is 0 Å². The average molecular weight is 281 g/mol. The van der Waals surface area contributed by atoms with E-state index in [1.54, 1.807) is 0 Å². The Morgan fingerprint density at radius 1 is 0.950 bits per heavy atom. The summed E-state index contributed by atoms with van der Waals surface area (Å²) in [7, 11) is 0. The second-order valence-corrected chi connectivity index (χ2v) is 5.34. The van der Waals surface area contributed by atoms with Gasteiger partial charge in [-0.05, 0) is 45.4 Å². The minimum atomic E-state index is -0.123. The maximum absolute atomic E-state index is 6.08. The summed E-state index contributed by atoms with van der Waals surface area (Å²) in [4.78, 5) is 0. The summed E-state index contributed by atoms with van der Waals surface area (Å²) in [6.07, 6.45) is 0.416. The van der Waals surface area contributed by atoms with Crippen molar-refractivity contribution in [3.05, 3.63) is 29.8 Å². The molecule has 1 aromatic carbocycles. The molecule has 0 aliphatic heterocycles. The van der Waals surface area contributed by atoms with E-state index < -0.39 is 0 Å². The lowest BCUT2D eigenvalue weighted by atomic mass is 10.1. The molecule has 0 saturated heterocycles. The second kappa shape index (κ2) is 8.95. The molecular formula is C16H27NO3. The standard InChI is InChI=1S/C16H27NO3/c1-12(2)19-10-9-18-11-16(17)14-5-7-15(8-6-14)20-13(3)4/h5-8,12-13,16H,9-11,17H2,1-4H3. The van der Waals surface area contributed by atoms with Gasteiger partial charge in [0.15, 0.2) is 0 Å².